The van der Waals surface area contributed by atoms with E-state index in [1.165, 1.54) is 0 Å². The predicted molar refractivity (Wildman–Crippen MR) is 79.6 cm³/mol. The van der Waals surface area contributed by atoms with Crippen LogP contribution in [0.2, 0.25) is 0 Å². The minimum atomic E-state index is -3.61. The van der Waals surface area contributed by atoms with Crippen LogP contribution < -0.4 is 9.46 Å². The van der Waals surface area contributed by atoms with Gasteiger partial charge in [0.1, 0.15) is 5.75 Å². The summed E-state index contributed by atoms with van der Waals surface area (Å²) in [5.41, 5.74) is 1.14. The van der Waals surface area contributed by atoms with Crippen LogP contribution >= 0.6 is 0 Å². The predicted octanol–water partition coefficient (Wildman–Crippen LogP) is 3.19. The van der Waals surface area contributed by atoms with Gasteiger partial charge in [-0.05, 0) is 37.6 Å². The fraction of sp³-hybridized carbons (Fsp3) is 0.200. The molecule has 0 saturated heterocycles. The van der Waals surface area contributed by atoms with Crippen molar-refractivity contribution in [1.82, 2.24) is 0 Å². The summed E-state index contributed by atoms with van der Waals surface area (Å²) in [4.78, 5) is 0.270. The van der Waals surface area contributed by atoms with E-state index in [4.69, 9.17) is 4.74 Å². The van der Waals surface area contributed by atoms with Gasteiger partial charge in [-0.2, -0.15) is 0 Å². The second kappa shape index (κ2) is 5.96. The third-order valence-electron chi connectivity index (χ3n) is 2.81. The largest absolute Gasteiger partial charge is 0.492 e. The van der Waals surface area contributed by atoms with Crippen LogP contribution in [0.5, 0.6) is 5.75 Å². The molecular weight excluding hydrogens is 274 g/mol. The minimum Gasteiger partial charge on any atom is -0.492 e. The van der Waals surface area contributed by atoms with Crippen LogP contribution in [0.1, 0.15) is 12.5 Å². The molecule has 5 heteroatoms. The van der Waals surface area contributed by atoms with E-state index < -0.39 is 10.0 Å². The van der Waals surface area contributed by atoms with E-state index in [1.807, 2.05) is 13.0 Å². The van der Waals surface area contributed by atoms with Gasteiger partial charge in [-0.25, -0.2) is 8.42 Å². The van der Waals surface area contributed by atoms with E-state index in [0.717, 1.165) is 0 Å². The Kier molecular flexibility index (Phi) is 4.29. The molecule has 0 atom stereocenters. The lowest BCUT2D eigenvalue weighted by Crippen LogP contribution is -2.15. The quantitative estimate of drug-likeness (QED) is 0.920. The van der Waals surface area contributed by atoms with E-state index >= 15 is 0 Å². The molecule has 0 bridgehead atoms. The first-order valence-corrected chi connectivity index (χ1v) is 7.83. The zero-order chi connectivity index (χ0) is 14.6. The summed E-state index contributed by atoms with van der Waals surface area (Å²) in [5.74, 6) is 0.521. The summed E-state index contributed by atoms with van der Waals surface area (Å²) in [6, 6.07) is 13.8. The van der Waals surface area contributed by atoms with Gasteiger partial charge in [-0.15, -0.1) is 0 Å². The number of ether oxygens (including phenoxy) is 1. The lowest BCUT2D eigenvalue weighted by Gasteiger charge is -2.13. The maximum atomic E-state index is 12.4. The highest BCUT2D eigenvalue weighted by Gasteiger charge is 2.18. The van der Waals surface area contributed by atoms with Gasteiger partial charge in [0, 0.05) is 0 Å². The second-order valence-corrected chi connectivity index (χ2v) is 5.95. The van der Waals surface area contributed by atoms with Crippen molar-refractivity contribution >= 4 is 15.7 Å². The molecule has 2 aromatic carbocycles. The Morgan fingerprint density at radius 3 is 2.40 bits per heavy atom. The van der Waals surface area contributed by atoms with Gasteiger partial charge in [0.05, 0.1) is 17.2 Å². The van der Waals surface area contributed by atoms with Crippen LogP contribution in [0, 0.1) is 6.92 Å². The molecule has 0 aromatic heterocycles. The molecule has 2 rings (SSSR count). The van der Waals surface area contributed by atoms with E-state index in [0.29, 0.717) is 23.6 Å². The SMILES string of the molecule is CCOc1ccccc1NS(=O)(=O)c1ccccc1C. The molecule has 0 heterocycles. The number of benzene rings is 2. The summed E-state index contributed by atoms with van der Waals surface area (Å²) in [5, 5.41) is 0. The summed E-state index contributed by atoms with van der Waals surface area (Å²) in [6.07, 6.45) is 0. The minimum absolute atomic E-state index is 0.270. The Bertz CT molecular complexity index is 696. The molecule has 0 fully saturated rings. The maximum absolute atomic E-state index is 12.4. The number of aryl methyl sites for hydroxylation is 1. The molecule has 0 aliphatic heterocycles. The van der Waals surface area contributed by atoms with E-state index in [2.05, 4.69) is 4.72 Å². The highest BCUT2D eigenvalue weighted by molar-refractivity contribution is 7.92. The maximum Gasteiger partial charge on any atom is 0.262 e. The summed E-state index contributed by atoms with van der Waals surface area (Å²) >= 11 is 0. The third-order valence-corrected chi connectivity index (χ3v) is 4.34. The molecule has 0 aliphatic rings. The zero-order valence-electron chi connectivity index (χ0n) is 11.5. The highest BCUT2D eigenvalue weighted by atomic mass is 32.2. The standard InChI is InChI=1S/C15H17NO3S/c1-3-19-14-10-6-5-9-13(14)16-20(17,18)15-11-7-4-8-12(15)2/h4-11,16H,3H2,1-2H3. The summed E-state index contributed by atoms with van der Waals surface area (Å²) in [7, 11) is -3.61. The molecule has 0 aliphatic carbocycles. The van der Waals surface area contributed by atoms with Crippen LogP contribution in [-0.4, -0.2) is 15.0 Å². The van der Waals surface area contributed by atoms with Crippen LogP contribution in [0.4, 0.5) is 5.69 Å². The first-order valence-electron chi connectivity index (χ1n) is 6.35. The van der Waals surface area contributed by atoms with Crippen molar-refractivity contribution in [3.05, 3.63) is 54.1 Å². The van der Waals surface area contributed by atoms with Crippen molar-refractivity contribution < 1.29 is 13.2 Å². The molecule has 0 amide bonds. The first-order chi connectivity index (χ1) is 9.54. The van der Waals surface area contributed by atoms with Crippen molar-refractivity contribution in [3.8, 4) is 5.75 Å². The number of hydrogen-bond acceptors (Lipinski definition) is 3. The number of hydrogen-bond donors (Lipinski definition) is 1. The number of nitrogens with one attached hydrogen (secondary N) is 1. The van der Waals surface area contributed by atoms with Crippen molar-refractivity contribution in [2.75, 3.05) is 11.3 Å². The van der Waals surface area contributed by atoms with Gasteiger partial charge >= 0.3 is 0 Å². The van der Waals surface area contributed by atoms with Crippen molar-refractivity contribution in [1.29, 1.82) is 0 Å². The molecule has 0 radical (unpaired) electrons. The van der Waals surface area contributed by atoms with Gasteiger partial charge in [0.25, 0.3) is 10.0 Å². The fourth-order valence-electron chi connectivity index (χ4n) is 1.89. The molecule has 20 heavy (non-hydrogen) atoms. The number of rotatable bonds is 5. The van der Waals surface area contributed by atoms with E-state index in [9.17, 15) is 8.42 Å². The molecule has 106 valence electrons. The molecule has 1 N–H and O–H groups in total. The molecule has 0 saturated carbocycles. The van der Waals surface area contributed by atoms with E-state index in [-0.39, 0.29) is 4.90 Å². The molecule has 0 spiro atoms. The van der Waals surface area contributed by atoms with Gasteiger partial charge in [-0.1, -0.05) is 30.3 Å². The average Bonchev–Trinajstić information content (AvgIpc) is 2.41. The number of para-hydroxylation sites is 2. The Labute approximate surface area is 119 Å². The monoisotopic (exact) mass is 291 g/mol. The lowest BCUT2D eigenvalue weighted by molar-refractivity contribution is 0.342. The van der Waals surface area contributed by atoms with Crippen molar-refractivity contribution in [3.63, 3.8) is 0 Å². The van der Waals surface area contributed by atoms with Crippen molar-refractivity contribution in [2.24, 2.45) is 0 Å². The molecule has 0 unspecified atom stereocenters. The summed E-state index contributed by atoms with van der Waals surface area (Å²) < 4.78 is 32.8. The van der Waals surface area contributed by atoms with Crippen LogP contribution in [-0.2, 0) is 10.0 Å². The Balaban J connectivity index is 2.37. The normalized spacial score (nSPS) is 11.1. The Morgan fingerprint density at radius 1 is 1.05 bits per heavy atom. The van der Waals surface area contributed by atoms with Gasteiger partial charge in [0.15, 0.2) is 0 Å². The van der Waals surface area contributed by atoms with Crippen molar-refractivity contribution in [2.45, 2.75) is 18.7 Å². The Hall–Kier alpha value is -2.01. The first kappa shape index (κ1) is 14.4. The fourth-order valence-corrected chi connectivity index (χ4v) is 3.21. The smallest absolute Gasteiger partial charge is 0.262 e. The van der Waals surface area contributed by atoms with Gasteiger partial charge in [-0.3, -0.25) is 4.72 Å². The van der Waals surface area contributed by atoms with Crippen LogP contribution in [0.15, 0.2) is 53.4 Å². The molecular formula is C15H17NO3S. The summed E-state index contributed by atoms with van der Waals surface area (Å²) in [6.45, 7) is 4.10. The molecule has 4 nitrogen and oxygen atoms in total. The highest BCUT2D eigenvalue weighted by Crippen LogP contribution is 2.27. The number of sulfonamides is 1. The van der Waals surface area contributed by atoms with Crippen LogP contribution in [0.25, 0.3) is 0 Å². The van der Waals surface area contributed by atoms with Gasteiger partial charge < -0.3 is 4.74 Å². The average molecular weight is 291 g/mol. The zero-order valence-corrected chi connectivity index (χ0v) is 12.3. The van der Waals surface area contributed by atoms with Crippen LogP contribution in [0.3, 0.4) is 0 Å². The second-order valence-electron chi connectivity index (χ2n) is 4.30. The van der Waals surface area contributed by atoms with E-state index in [1.54, 1.807) is 49.4 Å². The number of anilines is 1. The molecule has 2 aromatic rings. The lowest BCUT2D eigenvalue weighted by atomic mass is 10.2. The third kappa shape index (κ3) is 3.11. The Morgan fingerprint density at radius 2 is 1.70 bits per heavy atom. The van der Waals surface area contributed by atoms with Gasteiger partial charge in [0.2, 0.25) is 0 Å². The topological polar surface area (TPSA) is 55.4 Å².